The van der Waals surface area contributed by atoms with Gasteiger partial charge in [0, 0.05) is 11.7 Å². The van der Waals surface area contributed by atoms with Crippen molar-refractivity contribution in [2.75, 3.05) is 5.73 Å². The van der Waals surface area contributed by atoms with Crippen molar-refractivity contribution >= 4 is 15.7 Å². The van der Waals surface area contributed by atoms with Crippen molar-refractivity contribution in [1.29, 1.82) is 0 Å². The van der Waals surface area contributed by atoms with E-state index >= 15 is 0 Å². The van der Waals surface area contributed by atoms with E-state index in [-0.39, 0.29) is 17.6 Å². The summed E-state index contributed by atoms with van der Waals surface area (Å²) < 4.78 is 54.2. The van der Waals surface area contributed by atoms with Crippen LogP contribution in [0.2, 0.25) is 0 Å². The Labute approximate surface area is 117 Å². The Kier molecular flexibility index (Phi) is 4.29. The average molecular weight is 304 g/mol. The van der Waals surface area contributed by atoms with E-state index in [1.165, 1.54) is 0 Å². The highest BCUT2D eigenvalue weighted by Crippen LogP contribution is 2.27. The minimum atomic E-state index is -4.23. The molecule has 7 heteroatoms. The number of benzene rings is 1. The zero-order valence-electron chi connectivity index (χ0n) is 11.2. The topological polar surface area (TPSA) is 72.2 Å². The standard InChI is InChI=1S/C13H18F2N2O2S/c1-8-4-2-3-5-12(8)17-20(18,19)13-10(14)6-9(16)7-11(13)15/h6-8,12,17H,2-5,16H2,1H3. The molecule has 2 unspecified atom stereocenters. The summed E-state index contributed by atoms with van der Waals surface area (Å²) in [5, 5.41) is 0. The van der Waals surface area contributed by atoms with Crippen LogP contribution in [0.5, 0.6) is 0 Å². The third-order valence-electron chi connectivity index (χ3n) is 3.71. The number of nitrogens with one attached hydrogen (secondary N) is 1. The quantitative estimate of drug-likeness (QED) is 0.842. The third kappa shape index (κ3) is 3.09. The van der Waals surface area contributed by atoms with Crippen molar-refractivity contribution in [3.05, 3.63) is 23.8 Å². The van der Waals surface area contributed by atoms with Gasteiger partial charge < -0.3 is 5.73 Å². The van der Waals surface area contributed by atoms with Gasteiger partial charge in [-0.3, -0.25) is 0 Å². The van der Waals surface area contributed by atoms with Gasteiger partial charge in [0.2, 0.25) is 10.0 Å². The maximum atomic E-state index is 13.7. The van der Waals surface area contributed by atoms with Crippen molar-refractivity contribution < 1.29 is 17.2 Å². The molecule has 1 fully saturated rings. The first-order valence-corrected chi connectivity index (χ1v) is 8.06. The summed E-state index contributed by atoms with van der Waals surface area (Å²) in [6.45, 7) is 1.93. The number of rotatable bonds is 3. The highest BCUT2D eigenvalue weighted by Gasteiger charge is 2.30. The first-order chi connectivity index (χ1) is 9.31. The SMILES string of the molecule is CC1CCCCC1NS(=O)(=O)c1c(F)cc(N)cc1F. The molecule has 1 aromatic rings. The first kappa shape index (κ1) is 15.2. The van der Waals surface area contributed by atoms with Crippen LogP contribution in [0.1, 0.15) is 32.6 Å². The molecule has 0 spiro atoms. The molecular weight excluding hydrogens is 286 g/mol. The molecule has 4 nitrogen and oxygen atoms in total. The van der Waals surface area contributed by atoms with Gasteiger partial charge in [-0.2, -0.15) is 0 Å². The van der Waals surface area contributed by atoms with E-state index in [2.05, 4.69) is 4.72 Å². The van der Waals surface area contributed by atoms with Crippen LogP contribution in [0, 0.1) is 17.6 Å². The Balaban J connectivity index is 2.31. The Morgan fingerprint density at radius 1 is 1.20 bits per heavy atom. The van der Waals surface area contributed by atoms with Gasteiger partial charge in [-0.05, 0) is 30.9 Å². The number of anilines is 1. The minimum absolute atomic E-state index is 0.148. The minimum Gasteiger partial charge on any atom is -0.399 e. The Hall–Kier alpha value is -1.21. The van der Waals surface area contributed by atoms with Crippen molar-refractivity contribution in [3.63, 3.8) is 0 Å². The van der Waals surface area contributed by atoms with Crippen LogP contribution in [0.15, 0.2) is 17.0 Å². The molecule has 0 heterocycles. The Morgan fingerprint density at radius 2 is 1.75 bits per heavy atom. The lowest BCUT2D eigenvalue weighted by atomic mass is 9.87. The second-order valence-corrected chi connectivity index (χ2v) is 6.95. The molecule has 2 atom stereocenters. The summed E-state index contributed by atoms with van der Waals surface area (Å²) in [6, 6.07) is 1.33. The normalized spacial score (nSPS) is 23.8. The molecule has 1 aromatic carbocycles. The monoisotopic (exact) mass is 304 g/mol. The molecule has 20 heavy (non-hydrogen) atoms. The summed E-state index contributed by atoms with van der Waals surface area (Å²) >= 11 is 0. The van der Waals surface area contributed by atoms with E-state index in [4.69, 9.17) is 5.73 Å². The predicted octanol–water partition coefficient (Wildman–Crippen LogP) is 2.40. The molecule has 3 N–H and O–H groups in total. The molecule has 0 aliphatic heterocycles. The average Bonchev–Trinajstić information content (AvgIpc) is 2.30. The van der Waals surface area contributed by atoms with E-state index in [0.29, 0.717) is 6.42 Å². The number of hydrogen-bond acceptors (Lipinski definition) is 3. The van der Waals surface area contributed by atoms with Crippen LogP contribution >= 0.6 is 0 Å². The van der Waals surface area contributed by atoms with Crippen LogP contribution in [-0.4, -0.2) is 14.5 Å². The maximum Gasteiger partial charge on any atom is 0.246 e. The Morgan fingerprint density at radius 3 is 2.30 bits per heavy atom. The largest absolute Gasteiger partial charge is 0.399 e. The van der Waals surface area contributed by atoms with E-state index in [0.717, 1.165) is 31.4 Å². The molecule has 1 aliphatic carbocycles. The molecule has 1 saturated carbocycles. The lowest BCUT2D eigenvalue weighted by Gasteiger charge is -2.29. The summed E-state index contributed by atoms with van der Waals surface area (Å²) in [5.74, 6) is -2.18. The lowest BCUT2D eigenvalue weighted by Crippen LogP contribution is -2.41. The number of hydrogen-bond donors (Lipinski definition) is 2. The number of nitrogen functional groups attached to an aromatic ring is 1. The van der Waals surface area contributed by atoms with Gasteiger partial charge in [-0.1, -0.05) is 19.8 Å². The number of sulfonamides is 1. The summed E-state index contributed by atoms with van der Waals surface area (Å²) in [7, 11) is -4.23. The highest BCUT2D eigenvalue weighted by atomic mass is 32.2. The van der Waals surface area contributed by atoms with Crippen molar-refractivity contribution in [3.8, 4) is 0 Å². The van der Waals surface area contributed by atoms with Crippen LogP contribution in [-0.2, 0) is 10.0 Å². The van der Waals surface area contributed by atoms with Crippen molar-refractivity contribution in [2.45, 2.75) is 43.5 Å². The molecule has 2 rings (SSSR count). The van der Waals surface area contributed by atoms with Gasteiger partial charge in [-0.15, -0.1) is 0 Å². The fraction of sp³-hybridized carbons (Fsp3) is 0.538. The van der Waals surface area contributed by atoms with Crippen LogP contribution in [0.25, 0.3) is 0 Å². The summed E-state index contributed by atoms with van der Waals surface area (Å²) in [6.07, 6.45) is 3.53. The van der Waals surface area contributed by atoms with E-state index in [1.54, 1.807) is 0 Å². The maximum absolute atomic E-state index is 13.7. The zero-order valence-corrected chi connectivity index (χ0v) is 12.0. The molecule has 0 radical (unpaired) electrons. The third-order valence-corrected chi connectivity index (χ3v) is 5.25. The highest BCUT2D eigenvalue weighted by molar-refractivity contribution is 7.89. The van der Waals surface area contributed by atoms with Gasteiger partial charge in [0.25, 0.3) is 0 Å². The number of nitrogens with two attached hydrogens (primary N) is 1. The van der Waals surface area contributed by atoms with Gasteiger partial charge in [0.1, 0.15) is 11.6 Å². The first-order valence-electron chi connectivity index (χ1n) is 6.58. The lowest BCUT2D eigenvalue weighted by molar-refractivity contribution is 0.310. The number of halogens is 2. The summed E-state index contributed by atoms with van der Waals surface area (Å²) in [4.78, 5) is -0.954. The van der Waals surface area contributed by atoms with E-state index < -0.39 is 26.6 Å². The Bertz CT molecular complexity index is 581. The van der Waals surface area contributed by atoms with Crippen LogP contribution in [0.4, 0.5) is 14.5 Å². The molecule has 0 aromatic heterocycles. The van der Waals surface area contributed by atoms with E-state index in [1.807, 2.05) is 6.92 Å². The fourth-order valence-corrected chi connectivity index (χ4v) is 4.08. The van der Waals surface area contributed by atoms with Crippen LogP contribution in [0.3, 0.4) is 0 Å². The molecule has 112 valence electrons. The molecule has 0 amide bonds. The second-order valence-electron chi connectivity index (χ2n) is 5.30. The molecule has 0 saturated heterocycles. The molecule has 0 bridgehead atoms. The van der Waals surface area contributed by atoms with Gasteiger partial charge in [0.15, 0.2) is 4.90 Å². The predicted molar refractivity (Wildman–Crippen MR) is 72.5 cm³/mol. The second kappa shape index (κ2) is 5.65. The van der Waals surface area contributed by atoms with Crippen molar-refractivity contribution in [1.82, 2.24) is 4.72 Å². The van der Waals surface area contributed by atoms with Gasteiger partial charge >= 0.3 is 0 Å². The summed E-state index contributed by atoms with van der Waals surface area (Å²) in [5.41, 5.74) is 5.13. The smallest absolute Gasteiger partial charge is 0.246 e. The van der Waals surface area contributed by atoms with Gasteiger partial charge in [-0.25, -0.2) is 21.9 Å². The van der Waals surface area contributed by atoms with Crippen LogP contribution < -0.4 is 10.5 Å². The van der Waals surface area contributed by atoms with Crippen molar-refractivity contribution in [2.24, 2.45) is 5.92 Å². The molecule has 1 aliphatic rings. The zero-order chi connectivity index (χ0) is 14.9. The fourth-order valence-electron chi connectivity index (χ4n) is 2.59. The van der Waals surface area contributed by atoms with E-state index in [9.17, 15) is 17.2 Å². The van der Waals surface area contributed by atoms with Gasteiger partial charge in [0.05, 0.1) is 0 Å². The molecular formula is C13H18F2N2O2S.